The van der Waals surface area contributed by atoms with Crippen LogP contribution in [0.15, 0.2) is 42.5 Å². The molecule has 1 saturated heterocycles. The Kier molecular flexibility index (Phi) is 8.73. The molecule has 1 fully saturated rings. The van der Waals surface area contributed by atoms with Gasteiger partial charge in [-0.15, -0.1) is 0 Å². The molecule has 1 aliphatic heterocycles. The molecule has 0 bridgehead atoms. The minimum Gasteiger partial charge on any atom is -0.355 e. The molecule has 0 spiro atoms. The van der Waals surface area contributed by atoms with Gasteiger partial charge in [0.1, 0.15) is 0 Å². The number of hydrogen-bond donors (Lipinski definition) is 1. The third-order valence-electron chi connectivity index (χ3n) is 5.28. The Hall–Kier alpha value is -1.20. The molecule has 2 aromatic rings. The number of likely N-dealkylation sites (tertiary alicyclic amines) is 1. The van der Waals surface area contributed by atoms with E-state index in [1.807, 2.05) is 18.2 Å². The van der Waals surface area contributed by atoms with Crippen molar-refractivity contribution < 1.29 is 4.79 Å². The highest BCUT2D eigenvalue weighted by Gasteiger charge is 2.24. The van der Waals surface area contributed by atoms with Gasteiger partial charge in [-0.25, -0.2) is 0 Å². The van der Waals surface area contributed by atoms with Crippen molar-refractivity contribution in [3.8, 4) is 0 Å². The van der Waals surface area contributed by atoms with Crippen LogP contribution in [0.4, 0.5) is 0 Å². The molecule has 29 heavy (non-hydrogen) atoms. The molecule has 3 nitrogen and oxygen atoms in total. The molecule has 1 heterocycles. The van der Waals surface area contributed by atoms with Crippen molar-refractivity contribution in [2.75, 3.05) is 25.4 Å². The third kappa shape index (κ3) is 7.21. The molecule has 1 amide bonds. The van der Waals surface area contributed by atoms with Gasteiger partial charge in [-0.1, -0.05) is 59.1 Å². The highest BCUT2D eigenvalue weighted by molar-refractivity contribution is 7.98. The molecule has 0 unspecified atom stereocenters. The van der Waals surface area contributed by atoms with Crippen molar-refractivity contribution in [3.63, 3.8) is 0 Å². The van der Waals surface area contributed by atoms with Crippen LogP contribution in [0.1, 0.15) is 29.5 Å². The van der Waals surface area contributed by atoms with Crippen LogP contribution in [0.25, 0.3) is 0 Å². The molecule has 0 radical (unpaired) electrons. The normalized spacial score (nSPS) is 15.4. The summed E-state index contributed by atoms with van der Waals surface area (Å²) in [6.45, 7) is 5.75. The lowest BCUT2D eigenvalue weighted by atomic mass is 9.95. The molecular weight excluding hydrogens is 423 g/mol. The summed E-state index contributed by atoms with van der Waals surface area (Å²) in [5.74, 6) is 2.10. The number of aryl methyl sites for hydroxylation is 1. The van der Waals surface area contributed by atoms with Crippen LogP contribution in [0, 0.1) is 12.8 Å². The second kappa shape index (κ2) is 11.3. The van der Waals surface area contributed by atoms with Crippen LogP contribution in [0.3, 0.4) is 0 Å². The number of nitrogens with zero attached hydrogens (tertiary/aromatic N) is 1. The van der Waals surface area contributed by atoms with Crippen LogP contribution in [-0.4, -0.2) is 36.2 Å². The molecule has 0 saturated carbocycles. The fourth-order valence-electron chi connectivity index (χ4n) is 3.52. The Morgan fingerprint density at radius 3 is 2.45 bits per heavy atom. The highest BCUT2D eigenvalue weighted by Crippen LogP contribution is 2.24. The SMILES string of the molecule is Cc1ccc(CN2CCC(C(=O)NCCSCc3ccc(Cl)c(Cl)c3)CC2)cc1. The summed E-state index contributed by atoms with van der Waals surface area (Å²) in [6.07, 6.45) is 1.88. The summed E-state index contributed by atoms with van der Waals surface area (Å²) in [7, 11) is 0. The first-order valence-corrected chi connectivity index (χ1v) is 12.0. The summed E-state index contributed by atoms with van der Waals surface area (Å²) in [5, 5.41) is 4.28. The van der Waals surface area contributed by atoms with Gasteiger partial charge in [-0.05, 0) is 56.1 Å². The number of benzene rings is 2. The zero-order valence-corrected chi connectivity index (χ0v) is 19.1. The molecule has 6 heteroatoms. The van der Waals surface area contributed by atoms with E-state index in [9.17, 15) is 4.79 Å². The Labute approximate surface area is 188 Å². The molecule has 0 aliphatic carbocycles. The van der Waals surface area contributed by atoms with Crippen molar-refractivity contribution in [1.82, 2.24) is 10.2 Å². The minimum absolute atomic E-state index is 0.143. The van der Waals surface area contributed by atoms with Crippen LogP contribution in [0.2, 0.25) is 10.0 Å². The van der Waals surface area contributed by atoms with Gasteiger partial charge >= 0.3 is 0 Å². The van der Waals surface area contributed by atoms with Crippen LogP contribution < -0.4 is 5.32 Å². The first-order chi connectivity index (χ1) is 14.0. The van der Waals surface area contributed by atoms with Crippen molar-refractivity contribution in [3.05, 3.63) is 69.2 Å². The van der Waals surface area contributed by atoms with E-state index < -0.39 is 0 Å². The number of amides is 1. The Morgan fingerprint density at radius 1 is 1.07 bits per heavy atom. The largest absolute Gasteiger partial charge is 0.355 e. The van der Waals surface area contributed by atoms with Gasteiger partial charge in [0.2, 0.25) is 5.91 Å². The van der Waals surface area contributed by atoms with E-state index in [1.165, 1.54) is 11.1 Å². The second-order valence-electron chi connectivity index (χ2n) is 7.63. The van der Waals surface area contributed by atoms with Gasteiger partial charge in [-0.2, -0.15) is 11.8 Å². The third-order valence-corrected chi connectivity index (χ3v) is 7.05. The zero-order chi connectivity index (χ0) is 20.6. The van der Waals surface area contributed by atoms with Gasteiger partial charge in [0, 0.05) is 30.5 Å². The first kappa shape index (κ1) is 22.5. The van der Waals surface area contributed by atoms with Crippen LogP contribution >= 0.6 is 35.0 Å². The van der Waals surface area contributed by atoms with E-state index in [2.05, 4.69) is 41.4 Å². The average molecular weight is 451 g/mol. The van der Waals surface area contributed by atoms with E-state index in [0.717, 1.165) is 49.5 Å². The number of thioether (sulfide) groups is 1. The topological polar surface area (TPSA) is 32.3 Å². The van der Waals surface area contributed by atoms with Crippen molar-refractivity contribution in [1.29, 1.82) is 0 Å². The molecule has 1 aliphatic rings. The second-order valence-corrected chi connectivity index (χ2v) is 9.55. The van der Waals surface area contributed by atoms with E-state index in [0.29, 0.717) is 16.6 Å². The predicted molar refractivity (Wildman–Crippen MR) is 125 cm³/mol. The fraction of sp³-hybridized carbons (Fsp3) is 0.435. The maximum atomic E-state index is 12.4. The number of piperidine rings is 1. The standard InChI is InChI=1S/C23H28Cl2N2OS/c1-17-2-4-18(5-3-17)15-27-11-8-20(9-12-27)23(28)26-10-13-29-16-19-6-7-21(24)22(25)14-19/h2-7,14,20H,8-13,15-16H2,1H3,(H,26,28). The van der Waals surface area contributed by atoms with E-state index in [4.69, 9.17) is 23.2 Å². The van der Waals surface area contributed by atoms with Gasteiger partial charge in [0.15, 0.2) is 0 Å². The van der Waals surface area contributed by atoms with E-state index in [1.54, 1.807) is 11.8 Å². The zero-order valence-electron chi connectivity index (χ0n) is 16.8. The molecule has 1 N–H and O–H groups in total. The predicted octanol–water partition coefficient (Wildman–Crippen LogP) is 5.56. The van der Waals surface area contributed by atoms with Crippen molar-refractivity contribution in [2.45, 2.75) is 32.1 Å². The lowest BCUT2D eigenvalue weighted by molar-refractivity contribution is -0.126. The lowest BCUT2D eigenvalue weighted by Gasteiger charge is -2.31. The number of carbonyl (C=O) groups excluding carboxylic acids is 1. The van der Waals surface area contributed by atoms with Crippen molar-refractivity contribution >= 4 is 40.9 Å². The Bertz CT molecular complexity index is 805. The Balaban J connectivity index is 1.30. The number of hydrogen-bond acceptors (Lipinski definition) is 3. The summed E-state index contributed by atoms with van der Waals surface area (Å²) >= 11 is 13.8. The number of nitrogens with one attached hydrogen (secondary N) is 1. The van der Waals surface area contributed by atoms with Gasteiger partial charge in [0.05, 0.1) is 10.0 Å². The molecule has 0 atom stereocenters. The molecule has 3 rings (SSSR count). The number of halogens is 2. The van der Waals surface area contributed by atoms with E-state index in [-0.39, 0.29) is 11.8 Å². The summed E-state index contributed by atoms with van der Waals surface area (Å²) < 4.78 is 0. The smallest absolute Gasteiger partial charge is 0.223 e. The maximum absolute atomic E-state index is 12.4. The molecule has 2 aromatic carbocycles. The maximum Gasteiger partial charge on any atom is 0.223 e. The first-order valence-electron chi connectivity index (χ1n) is 10.1. The number of carbonyl (C=O) groups is 1. The Morgan fingerprint density at radius 2 is 1.76 bits per heavy atom. The van der Waals surface area contributed by atoms with Crippen LogP contribution in [-0.2, 0) is 17.1 Å². The van der Waals surface area contributed by atoms with Crippen LogP contribution in [0.5, 0.6) is 0 Å². The molecule has 156 valence electrons. The minimum atomic E-state index is 0.143. The average Bonchev–Trinajstić information content (AvgIpc) is 2.72. The van der Waals surface area contributed by atoms with E-state index >= 15 is 0 Å². The van der Waals surface area contributed by atoms with Gasteiger partial charge < -0.3 is 5.32 Å². The monoisotopic (exact) mass is 450 g/mol. The highest BCUT2D eigenvalue weighted by atomic mass is 35.5. The molecule has 0 aromatic heterocycles. The number of rotatable bonds is 8. The summed E-state index contributed by atoms with van der Waals surface area (Å²) in [5.41, 5.74) is 3.79. The quantitative estimate of drug-likeness (QED) is 0.533. The molecular formula is C23H28Cl2N2OS. The fourth-order valence-corrected chi connectivity index (χ4v) is 4.64. The van der Waals surface area contributed by atoms with Crippen molar-refractivity contribution in [2.24, 2.45) is 5.92 Å². The lowest BCUT2D eigenvalue weighted by Crippen LogP contribution is -2.40. The summed E-state index contributed by atoms with van der Waals surface area (Å²) in [4.78, 5) is 14.9. The van der Waals surface area contributed by atoms with Gasteiger partial charge in [0.25, 0.3) is 0 Å². The van der Waals surface area contributed by atoms with Gasteiger partial charge in [-0.3, -0.25) is 9.69 Å². The summed E-state index contributed by atoms with van der Waals surface area (Å²) in [6, 6.07) is 14.4.